The van der Waals surface area contributed by atoms with Gasteiger partial charge in [0.15, 0.2) is 9.84 Å². The van der Waals surface area contributed by atoms with Gasteiger partial charge in [0.25, 0.3) is 0 Å². The van der Waals surface area contributed by atoms with Gasteiger partial charge >= 0.3 is 0 Å². The minimum absolute atomic E-state index is 0.389. The average Bonchev–Trinajstić information content (AvgIpc) is 2.81. The molecule has 0 bridgehead atoms. The number of hydrogen-bond donors (Lipinski definition) is 1. The Morgan fingerprint density at radius 1 is 1.33 bits per heavy atom. The molecule has 1 N–H and O–H groups in total. The standard InChI is InChI=1S/C14H19BrO5S/c1-19-10-7-6-9(13(20-2)12(10)15)14(16)8-4-5-11(14)21(3,17)18/h6-7,11,16H,4-5,8H2,1-3H3. The molecule has 0 aliphatic heterocycles. The summed E-state index contributed by atoms with van der Waals surface area (Å²) in [6.07, 6.45) is 2.65. The molecule has 0 aromatic heterocycles. The summed E-state index contributed by atoms with van der Waals surface area (Å²) in [7, 11) is -0.350. The molecule has 0 radical (unpaired) electrons. The van der Waals surface area contributed by atoms with E-state index in [0.717, 1.165) is 0 Å². The predicted molar refractivity (Wildman–Crippen MR) is 83.6 cm³/mol. The summed E-state index contributed by atoms with van der Waals surface area (Å²) in [4.78, 5) is 0. The fraction of sp³-hybridized carbons (Fsp3) is 0.571. The molecular weight excluding hydrogens is 360 g/mol. The third kappa shape index (κ3) is 2.78. The Morgan fingerprint density at radius 3 is 2.52 bits per heavy atom. The van der Waals surface area contributed by atoms with Crippen molar-refractivity contribution in [2.75, 3.05) is 20.5 Å². The van der Waals surface area contributed by atoms with E-state index in [9.17, 15) is 13.5 Å². The Bertz CT molecular complexity index is 643. The van der Waals surface area contributed by atoms with E-state index in [1.54, 1.807) is 12.1 Å². The second kappa shape index (κ2) is 5.78. The first kappa shape index (κ1) is 16.6. The average molecular weight is 379 g/mol. The van der Waals surface area contributed by atoms with Crippen LogP contribution in [0.3, 0.4) is 0 Å². The van der Waals surface area contributed by atoms with Crippen molar-refractivity contribution in [3.8, 4) is 11.5 Å². The number of rotatable bonds is 4. The van der Waals surface area contributed by atoms with Gasteiger partial charge in [0.2, 0.25) is 0 Å². The molecule has 0 amide bonds. The highest BCUT2D eigenvalue weighted by Crippen LogP contribution is 2.49. The maximum atomic E-state index is 12.0. The summed E-state index contributed by atoms with van der Waals surface area (Å²) in [5.74, 6) is 0.973. The van der Waals surface area contributed by atoms with Gasteiger partial charge in [0.1, 0.15) is 21.6 Å². The molecule has 1 aliphatic carbocycles. The van der Waals surface area contributed by atoms with E-state index in [1.807, 2.05) is 0 Å². The zero-order chi connectivity index (χ0) is 15.8. The largest absolute Gasteiger partial charge is 0.495 e. The molecule has 1 saturated carbocycles. The van der Waals surface area contributed by atoms with Crippen molar-refractivity contribution in [1.29, 1.82) is 0 Å². The third-order valence-corrected chi connectivity index (χ3v) is 6.44. The first-order valence-corrected chi connectivity index (χ1v) is 9.32. The lowest BCUT2D eigenvalue weighted by Gasteiger charge is -2.31. The summed E-state index contributed by atoms with van der Waals surface area (Å²) in [5.41, 5.74) is -0.959. The second-order valence-corrected chi connectivity index (χ2v) is 8.32. The van der Waals surface area contributed by atoms with E-state index in [2.05, 4.69) is 15.9 Å². The van der Waals surface area contributed by atoms with E-state index in [-0.39, 0.29) is 0 Å². The highest BCUT2D eigenvalue weighted by atomic mass is 79.9. The molecule has 1 aliphatic rings. The maximum absolute atomic E-state index is 12.0. The first-order valence-electron chi connectivity index (χ1n) is 6.58. The van der Waals surface area contributed by atoms with Crippen LogP contribution in [0.2, 0.25) is 0 Å². The van der Waals surface area contributed by atoms with Gasteiger partial charge in [0.05, 0.1) is 19.5 Å². The van der Waals surface area contributed by atoms with Crippen LogP contribution < -0.4 is 9.47 Å². The lowest BCUT2D eigenvalue weighted by molar-refractivity contribution is 0.0450. The Morgan fingerprint density at radius 2 is 2.00 bits per heavy atom. The molecule has 2 rings (SSSR count). The van der Waals surface area contributed by atoms with Gasteiger partial charge in [-0.1, -0.05) is 0 Å². The molecule has 1 fully saturated rings. The summed E-state index contributed by atoms with van der Waals surface area (Å²) in [6, 6.07) is 3.36. The Kier molecular flexibility index (Phi) is 4.56. The highest BCUT2D eigenvalue weighted by molar-refractivity contribution is 9.10. The van der Waals surface area contributed by atoms with E-state index >= 15 is 0 Å². The fourth-order valence-corrected chi connectivity index (χ4v) is 5.29. The minimum Gasteiger partial charge on any atom is -0.495 e. The van der Waals surface area contributed by atoms with Gasteiger partial charge < -0.3 is 14.6 Å². The molecule has 0 heterocycles. The fourth-order valence-electron chi connectivity index (χ4n) is 3.07. The number of benzene rings is 1. The summed E-state index contributed by atoms with van der Waals surface area (Å²) >= 11 is 3.38. The zero-order valence-electron chi connectivity index (χ0n) is 12.2. The van der Waals surface area contributed by atoms with Crippen molar-refractivity contribution < 1.29 is 23.0 Å². The van der Waals surface area contributed by atoms with Crippen LogP contribution in [0.25, 0.3) is 0 Å². The number of ether oxygens (including phenoxy) is 2. The molecule has 0 spiro atoms. The number of halogens is 1. The minimum atomic E-state index is -3.36. The Labute approximate surface area is 133 Å². The number of sulfone groups is 1. The molecule has 2 atom stereocenters. The van der Waals surface area contributed by atoms with Gasteiger partial charge in [-0.2, -0.15) is 0 Å². The molecule has 118 valence electrons. The molecule has 21 heavy (non-hydrogen) atoms. The topological polar surface area (TPSA) is 72.8 Å². The van der Waals surface area contributed by atoms with Gasteiger partial charge in [-0.25, -0.2) is 8.42 Å². The zero-order valence-corrected chi connectivity index (χ0v) is 14.6. The smallest absolute Gasteiger partial charge is 0.153 e. The summed E-state index contributed by atoms with van der Waals surface area (Å²) < 4.78 is 35.1. The quantitative estimate of drug-likeness (QED) is 0.869. The Balaban J connectivity index is 2.62. The van der Waals surface area contributed by atoms with Crippen molar-refractivity contribution in [2.45, 2.75) is 30.1 Å². The van der Waals surface area contributed by atoms with Crippen LogP contribution in [0, 0.1) is 0 Å². The molecule has 1 aromatic rings. The van der Waals surface area contributed by atoms with E-state index in [4.69, 9.17) is 9.47 Å². The van der Waals surface area contributed by atoms with Crippen LogP contribution in [0.4, 0.5) is 0 Å². The van der Waals surface area contributed by atoms with Gasteiger partial charge in [-0.3, -0.25) is 0 Å². The normalized spacial score (nSPS) is 25.9. The van der Waals surface area contributed by atoms with Crippen LogP contribution in [0.1, 0.15) is 24.8 Å². The monoisotopic (exact) mass is 378 g/mol. The number of aliphatic hydroxyl groups is 1. The number of hydrogen-bond acceptors (Lipinski definition) is 5. The Hall–Kier alpha value is -0.790. The van der Waals surface area contributed by atoms with Crippen LogP contribution >= 0.6 is 15.9 Å². The van der Waals surface area contributed by atoms with Crippen LogP contribution in [-0.2, 0) is 15.4 Å². The number of methoxy groups -OCH3 is 2. The molecule has 7 heteroatoms. The van der Waals surface area contributed by atoms with Crippen LogP contribution in [0.15, 0.2) is 16.6 Å². The molecule has 2 unspecified atom stereocenters. The van der Waals surface area contributed by atoms with Gasteiger partial charge in [-0.15, -0.1) is 0 Å². The summed E-state index contributed by atoms with van der Waals surface area (Å²) in [5, 5.41) is 10.2. The van der Waals surface area contributed by atoms with Gasteiger partial charge in [-0.05, 0) is 47.3 Å². The van der Waals surface area contributed by atoms with E-state index in [1.165, 1.54) is 20.5 Å². The van der Waals surface area contributed by atoms with Crippen molar-refractivity contribution in [2.24, 2.45) is 0 Å². The lowest BCUT2D eigenvalue weighted by atomic mass is 9.91. The van der Waals surface area contributed by atoms with E-state index < -0.39 is 20.7 Å². The second-order valence-electron chi connectivity index (χ2n) is 5.30. The first-order chi connectivity index (χ1) is 9.75. The molecule has 1 aromatic carbocycles. The van der Waals surface area contributed by atoms with Gasteiger partial charge in [0, 0.05) is 11.8 Å². The summed E-state index contributed by atoms with van der Waals surface area (Å²) in [6.45, 7) is 0. The third-order valence-electron chi connectivity index (χ3n) is 4.03. The maximum Gasteiger partial charge on any atom is 0.153 e. The van der Waals surface area contributed by atoms with Crippen molar-refractivity contribution >= 4 is 25.8 Å². The van der Waals surface area contributed by atoms with Crippen molar-refractivity contribution in [1.82, 2.24) is 0 Å². The highest BCUT2D eigenvalue weighted by Gasteiger charge is 2.49. The molecule has 0 saturated heterocycles. The molecule has 5 nitrogen and oxygen atoms in total. The van der Waals surface area contributed by atoms with Crippen molar-refractivity contribution in [3.05, 3.63) is 22.2 Å². The predicted octanol–water partition coefficient (Wildman–Crippen LogP) is 2.25. The lowest BCUT2D eigenvalue weighted by Crippen LogP contribution is -2.40. The molecular formula is C14H19BrO5S. The van der Waals surface area contributed by atoms with Crippen molar-refractivity contribution in [3.63, 3.8) is 0 Å². The van der Waals surface area contributed by atoms with Crippen LogP contribution in [-0.4, -0.2) is 39.2 Å². The van der Waals surface area contributed by atoms with Crippen LogP contribution in [0.5, 0.6) is 11.5 Å². The SMILES string of the molecule is COc1ccc(C2(O)CCCC2S(C)(=O)=O)c(OC)c1Br. The van der Waals surface area contributed by atoms with E-state index in [0.29, 0.717) is 40.8 Å².